The van der Waals surface area contributed by atoms with E-state index in [1.54, 1.807) is 0 Å². The van der Waals surface area contributed by atoms with Gasteiger partial charge in [0.2, 0.25) is 0 Å². The summed E-state index contributed by atoms with van der Waals surface area (Å²) in [5.74, 6) is 2.83. The maximum absolute atomic E-state index is 11.5. The van der Waals surface area contributed by atoms with Crippen LogP contribution in [0.3, 0.4) is 0 Å². The first-order valence-electron chi connectivity index (χ1n) is 7.71. The molecule has 0 amide bonds. The van der Waals surface area contributed by atoms with Crippen molar-refractivity contribution < 1.29 is 9.90 Å². The lowest BCUT2D eigenvalue weighted by molar-refractivity contribution is -0.147. The zero-order valence-corrected chi connectivity index (χ0v) is 12.1. The number of carbonyl (C=O) groups is 1. The molecule has 2 aliphatic rings. The van der Waals surface area contributed by atoms with Gasteiger partial charge in [-0.3, -0.25) is 4.79 Å². The van der Waals surface area contributed by atoms with E-state index in [2.05, 4.69) is 20.8 Å². The highest BCUT2D eigenvalue weighted by molar-refractivity contribution is 5.70. The molecule has 0 radical (unpaired) electrons. The van der Waals surface area contributed by atoms with Crippen LogP contribution in [0.2, 0.25) is 0 Å². The van der Waals surface area contributed by atoms with Gasteiger partial charge in [-0.1, -0.05) is 27.2 Å². The average Bonchev–Trinajstić information content (AvgIpc) is 2.32. The van der Waals surface area contributed by atoms with Gasteiger partial charge in [0, 0.05) is 0 Å². The first-order chi connectivity index (χ1) is 8.49. The fraction of sp³-hybridized carbons (Fsp3) is 0.938. The fourth-order valence-electron chi connectivity index (χ4n) is 4.23. The molecule has 2 nitrogen and oxygen atoms in total. The van der Waals surface area contributed by atoms with Crippen molar-refractivity contribution in [1.82, 2.24) is 0 Å². The summed E-state index contributed by atoms with van der Waals surface area (Å²) in [5.41, 5.74) is 0. The van der Waals surface area contributed by atoms with Gasteiger partial charge in [-0.2, -0.15) is 0 Å². The second kappa shape index (κ2) is 5.63. The summed E-state index contributed by atoms with van der Waals surface area (Å²) in [6.45, 7) is 6.98. The molecule has 0 aromatic rings. The van der Waals surface area contributed by atoms with Crippen LogP contribution in [0.4, 0.5) is 0 Å². The Labute approximate surface area is 111 Å². The molecule has 0 bridgehead atoms. The lowest BCUT2D eigenvalue weighted by Crippen LogP contribution is -2.37. The SMILES string of the molecule is CC1CCC(C(=O)O)C(C2CCC(C)C(C)C2)C1. The second-order valence-electron chi connectivity index (χ2n) is 7.05. The molecule has 2 heteroatoms. The molecule has 0 aliphatic heterocycles. The fourth-order valence-corrected chi connectivity index (χ4v) is 4.23. The van der Waals surface area contributed by atoms with Gasteiger partial charge in [-0.05, 0) is 61.7 Å². The highest BCUT2D eigenvalue weighted by Gasteiger charge is 2.40. The third-order valence-corrected chi connectivity index (χ3v) is 5.72. The average molecular weight is 252 g/mol. The van der Waals surface area contributed by atoms with Gasteiger partial charge in [0.1, 0.15) is 0 Å². The van der Waals surface area contributed by atoms with Crippen molar-refractivity contribution in [2.45, 2.75) is 59.3 Å². The molecule has 2 saturated carbocycles. The van der Waals surface area contributed by atoms with Gasteiger partial charge in [0.15, 0.2) is 0 Å². The summed E-state index contributed by atoms with van der Waals surface area (Å²) >= 11 is 0. The van der Waals surface area contributed by atoms with Gasteiger partial charge in [0.05, 0.1) is 5.92 Å². The minimum Gasteiger partial charge on any atom is -0.481 e. The van der Waals surface area contributed by atoms with Gasteiger partial charge in [-0.25, -0.2) is 0 Å². The summed E-state index contributed by atoms with van der Waals surface area (Å²) < 4.78 is 0. The van der Waals surface area contributed by atoms with Crippen molar-refractivity contribution in [3.05, 3.63) is 0 Å². The zero-order chi connectivity index (χ0) is 13.3. The molecule has 2 rings (SSSR count). The molecule has 104 valence electrons. The highest BCUT2D eigenvalue weighted by Crippen LogP contribution is 2.45. The van der Waals surface area contributed by atoms with Gasteiger partial charge < -0.3 is 5.11 Å². The van der Waals surface area contributed by atoms with E-state index in [-0.39, 0.29) is 5.92 Å². The van der Waals surface area contributed by atoms with Crippen molar-refractivity contribution >= 4 is 5.97 Å². The normalized spacial score (nSPS) is 45.7. The Bertz CT molecular complexity index is 299. The summed E-state index contributed by atoms with van der Waals surface area (Å²) in [6, 6.07) is 0. The van der Waals surface area contributed by atoms with Crippen LogP contribution in [0.25, 0.3) is 0 Å². The quantitative estimate of drug-likeness (QED) is 0.800. The highest BCUT2D eigenvalue weighted by atomic mass is 16.4. The van der Waals surface area contributed by atoms with Crippen LogP contribution in [0.5, 0.6) is 0 Å². The molecular formula is C16H28O2. The second-order valence-corrected chi connectivity index (χ2v) is 7.05. The standard InChI is InChI=1S/C16H28O2/c1-10-4-7-14(16(17)18)15(8-10)13-6-5-11(2)12(3)9-13/h10-15H,4-9H2,1-3H3,(H,17,18). The van der Waals surface area contributed by atoms with Crippen LogP contribution in [0, 0.1) is 35.5 Å². The van der Waals surface area contributed by atoms with Crippen molar-refractivity contribution in [3.63, 3.8) is 0 Å². The smallest absolute Gasteiger partial charge is 0.306 e. The number of carboxylic acids is 1. The molecule has 6 atom stereocenters. The molecule has 0 aromatic heterocycles. The minimum atomic E-state index is -0.543. The van der Waals surface area contributed by atoms with E-state index in [1.165, 1.54) is 19.3 Å². The number of rotatable bonds is 2. The van der Waals surface area contributed by atoms with E-state index in [4.69, 9.17) is 0 Å². The largest absolute Gasteiger partial charge is 0.481 e. The van der Waals surface area contributed by atoms with Crippen LogP contribution in [-0.4, -0.2) is 11.1 Å². The van der Waals surface area contributed by atoms with E-state index < -0.39 is 5.97 Å². The van der Waals surface area contributed by atoms with Gasteiger partial charge >= 0.3 is 5.97 Å². The van der Waals surface area contributed by atoms with E-state index >= 15 is 0 Å². The maximum atomic E-state index is 11.5. The van der Waals surface area contributed by atoms with Gasteiger partial charge in [0.25, 0.3) is 0 Å². The molecule has 2 fully saturated rings. The Balaban J connectivity index is 2.05. The molecule has 0 spiro atoms. The molecule has 0 heterocycles. The molecule has 2 aliphatic carbocycles. The predicted octanol–water partition coefficient (Wildman–Crippen LogP) is 4.20. The Hall–Kier alpha value is -0.530. The lowest BCUT2D eigenvalue weighted by Gasteiger charge is -2.42. The maximum Gasteiger partial charge on any atom is 0.306 e. The Morgan fingerprint density at radius 2 is 1.67 bits per heavy atom. The van der Waals surface area contributed by atoms with E-state index in [0.717, 1.165) is 37.0 Å². The lowest BCUT2D eigenvalue weighted by atomic mass is 9.62. The van der Waals surface area contributed by atoms with E-state index in [9.17, 15) is 9.90 Å². The molecule has 18 heavy (non-hydrogen) atoms. The minimum absolute atomic E-state index is 0.0631. The first-order valence-corrected chi connectivity index (χ1v) is 7.71. The van der Waals surface area contributed by atoms with Crippen LogP contribution in [0.1, 0.15) is 59.3 Å². The number of carboxylic acid groups (broad SMARTS) is 1. The molecule has 0 aromatic carbocycles. The molecule has 1 N–H and O–H groups in total. The third kappa shape index (κ3) is 2.89. The summed E-state index contributed by atoms with van der Waals surface area (Å²) in [6.07, 6.45) is 6.95. The van der Waals surface area contributed by atoms with Crippen molar-refractivity contribution in [2.75, 3.05) is 0 Å². The van der Waals surface area contributed by atoms with Crippen molar-refractivity contribution in [2.24, 2.45) is 35.5 Å². The monoisotopic (exact) mass is 252 g/mol. The van der Waals surface area contributed by atoms with Crippen LogP contribution in [-0.2, 0) is 4.79 Å². The molecule has 6 unspecified atom stereocenters. The third-order valence-electron chi connectivity index (χ3n) is 5.72. The summed E-state index contributed by atoms with van der Waals surface area (Å²) in [5, 5.41) is 9.44. The van der Waals surface area contributed by atoms with Crippen LogP contribution in [0.15, 0.2) is 0 Å². The molecular weight excluding hydrogens is 224 g/mol. The number of hydrogen-bond donors (Lipinski definition) is 1. The summed E-state index contributed by atoms with van der Waals surface area (Å²) in [7, 11) is 0. The number of hydrogen-bond acceptors (Lipinski definition) is 1. The van der Waals surface area contributed by atoms with Crippen molar-refractivity contribution in [3.8, 4) is 0 Å². The van der Waals surface area contributed by atoms with Crippen LogP contribution >= 0.6 is 0 Å². The number of aliphatic carboxylic acids is 1. The summed E-state index contributed by atoms with van der Waals surface area (Å²) in [4.78, 5) is 11.5. The predicted molar refractivity (Wildman–Crippen MR) is 73.3 cm³/mol. The first kappa shape index (κ1) is 13.9. The Morgan fingerprint density at radius 1 is 0.944 bits per heavy atom. The zero-order valence-electron chi connectivity index (χ0n) is 12.1. The Morgan fingerprint density at radius 3 is 2.28 bits per heavy atom. The molecule has 0 saturated heterocycles. The topological polar surface area (TPSA) is 37.3 Å². The van der Waals surface area contributed by atoms with Crippen LogP contribution < -0.4 is 0 Å². The van der Waals surface area contributed by atoms with E-state index in [1.807, 2.05) is 0 Å². The van der Waals surface area contributed by atoms with E-state index in [0.29, 0.717) is 11.8 Å². The van der Waals surface area contributed by atoms with Crippen molar-refractivity contribution in [1.29, 1.82) is 0 Å². The Kier molecular flexibility index (Phi) is 4.34. The van der Waals surface area contributed by atoms with Gasteiger partial charge in [-0.15, -0.1) is 0 Å².